The highest BCUT2D eigenvalue weighted by Crippen LogP contribution is 2.15. The lowest BCUT2D eigenvalue weighted by Crippen LogP contribution is -2.10. The van der Waals surface area contributed by atoms with Gasteiger partial charge in [-0.3, -0.25) is 4.79 Å². The number of carbonyl (C=O) groups is 3. The Hall–Kier alpha value is -2.63. The monoisotopic (exact) mass is 235 g/mol. The normalized spacial score (nSPS) is 9.41. The predicted octanol–water partition coefficient (Wildman–Crippen LogP) is 1.21. The minimum absolute atomic E-state index is 0.0900. The molecule has 6 heteroatoms. The van der Waals surface area contributed by atoms with Gasteiger partial charge in [-0.1, -0.05) is 6.58 Å². The van der Waals surface area contributed by atoms with Crippen LogP contribution in [0.25, 0.3) is 0 Å². The summed E-state index contributed by atoms with van der Waals surface area (Å²) in [5, 5.41) is 19.9. The summed E-state index contributed by atoms with van der Waals surface area (Å²) >= 11 is 0. The van der Waals surface area contributed by atoms with Gasteiger partial charge in [0.25, 0.3) is 0 Å². The van der Waals surface area contributed by atoms with Gasteiger partial charge in [-0.2, -0.15) is 0 Å². The van der Waals surface area contributed by atoms with Gasteiger partial charge in [0, 0.05) is 5.69 Å². The molecule has 3 N–H and O–H groups in total. The number of hydrogen-bond donors (Lipinski definition) is 3. The summed E-state index contributed by atoms with van der Waals surface area (Å²) in [5.74, 6) is -3.10. The number of benzene rings is 1. The first kappa shape index (κ1) is 12.4. The smallest absolute Gasteiger partial charge is 0.335 e. The van der Waals surface area contributed by atoms with Gasteiger partial charge < -0.3 is 15.5 Å². The summed E-state index contributed by atoms with van der Waals surface area (Å²) in [6.45, 7) is 3.23. The minimum atomic E-state index is -1.28. The molecule has 6 nitrogen and oxygen atoms in total. The average Bonchev–Trinajstić information content (AvgIpc) is 2.28. The van der Waals surface area contributed by atoms with Crippen molar-refractivity contribution in [3.8, 4) is 0 Å². The van der Waals surface area contributed by atoms with E-state index >= 15 is 0 Å². The summed E-state index contributed by atoms with van der Waals surface area (Å²) in [5.41, 5.74) is -0.347. The average molecular weight is 235 g/mol. The maximum Gasteiger partial charge on any atom is 0.335 e. The molecule has 1 aromatic rings. The molecule has 0 heterocycles. The van der Waals surface area contributed by atoms with Gasteiger partial charge in [0.15, 0.2) is 0 Å². The molecule has 0 saturated heterocycles. The van der Waals surface area contributed by atoms with E-state index in [0.29, 0.717) is 0 Å². The quantitative estimate of drug-likeness (QED) is 0.680. The van der Waals surface area contributed by atoms with Crippen LogP contribution in [-0.4, -0.2) is 28.1 Å². The molecule has 1 rings (SSSR count). The largest absolute Gasteiger partial charge is 0.478 e. The second kappa shape index (κ2) is 4.93. The van der Waals surface area contributed by atoms with E-state index in [1.54, 1.807) is 0 Å². The van der Waals surface area contributed by atoms with Crippen LogP contribution in [0.3, 0.4) is 0 Å². The first-order chi connectivity index (χ1) is 7.93. The number of carboxylic acid groups (broad SMARTS) is 2. The van der Waals surface area contributed by atoms with Gasteiger partial charge in [-0.25, -0.2) is 9.59 Å². The highest BCUT2D eigenvalue weighted by atomic mass is 16.4. The fourth-order valence-electron chi connectivity index (χ4n) is 1.14. The van der Waals surface area contributed by atoms with Crippen molar-refractivity contribution < 1.29 is 24.6 Å². The highest BCUT2D eigenvalue weighted by molar-refractivity contribution is 6.01. The molecule has 1 amide bonds. The van der Waals surface area contributed by atoms with Crippen LogP contribution in [0.4, 0.5) is 5.69 Å². The van der Waals surface area contributed by atoms with Gasteiger partial charge in [-0.15, -0.1) is 0 Å². The topological polar surface area (TPSA) is 104 Å². The van der Waals surface area contributed by atoms with Crippen molar-refractivity contribution in [2.45, 2.75) is 0 Å². The van der Waals surface area contributed by atoms with Crippen LogP contribution in [0, 0.1) is 0 Å². The van der Waals surface area contributed by atoms with E-state index in [1.165, 1.54) is 0 Å². The molecule has 0 aliphatic heterocycles. The van der Waals surface area contributed by atoms with Gasteiger partial charge in [0.1, 0.15) is 0 Å². The van der Waals surface area contributed by atoms with Crippen molar-refractivity contribution >= 4 is 23.5 Å². The molecule has 0 unspecified atom stereocenters. The number of carbonyl (C=O) groups excluding carboxylic acids is 1. The maximum atomic E-state index is 11.0. The fourth-order valence-corrected chi connectivity index (χ4v) is 1.14. The Morgan fingerprint density at radius 1 is 1.06 bits per heavy atom. The molecule has 0 aliphatic rings. The van der Waals surface area contributed by atoms with Crippen LogP contribution in [-0.2, 0) is 4.79 Å². The van der Waals surface area contributed by atoms with Gasteiger partial charge in [-0.05, 0) is 24.3 Å². The van der Waals surface area contributed by atoms with Crippen LogP contribution in [0.15, 0.2) is 30.9 Å². The van der Waals surface area contributed by atoms with Gasteiger partial charge in [0.05, 0.1) is 11.1 Å². The van der Waals surface area contributed by atoms with E-state index in [1.807, 2.05) is 0 Å². The molecule has 0 saturated carbocycles. The lowest BCUT2D eigenvalue weighted by atomic mass is 10.1. The zero-order chi connectivity index (χ0) is 13.0. The molecule has 1 aromatic carbocycles. The number of amides is 1. The fraction of sp³-hybridized carbons (Fsp3) is 0. The number of nitrogens with one attached hydrogen (secondary N) is 1. The molecule has 0 radical (unpaired) electrons. The second-order valence-corrected chi connectivity index (χ2v) is 3.10. The van der Waals surface area contributed by atoms with Gasteiger partial charge in [0.2, 0.25) is 5.91 Å². The molecule has 0 aromatic heterocycles. The number of carboxylic acids is 2. The van der Waals surface area contributed by atoms with Crippen molar-refractivity contribution in [2.75, 3.05) is 5.32 Å². The van der Waals surface area contributed by atoms with Crippen molar-refractivity contribution in [2.24, 2.45) is 0 Å². The Labute approximate surface area is 96.2 Å². The van der Waals surface area contributed by atoms with Gasteiger partial charge >= 0.3 is 11.9 Å². The molecule has 0 bridgehead atoms. The number of hydrogen-bond acceptors (Lipinski definition) is 3. The first-order valence-corrected chi connectivity index (χ1v) is 4.49. The zero-order valence-electron chi connectivity index (χ0n) is 8.64. The third-order valence-electron chi connectivity index (χ3n) is 1.88. The third-order valence-corrected chi connectivity index (χ3v) is 1.88. The van der Waals surface area contributed by atoms with Crippen molar-refractivity contribution in [1.29, 1.82) is 0 Å². The summed E-state index contributed by atoms with van der Waals surface area (Å²) < 4.78 is 0. The highest BCUT2D eigenvalue weighted by Gasteiger charge is 2.11. The lowest BCUT2D eigenvalue weighted by molar-refractivity contribution is -0.111. The number of aromatic carboxylic acids is 2. The van der Waals surface area contributed by atoms with E-state index in [9.17, 15) is 14.4 Å². The number of anilines is 1. The molecule has 0 spiro atoms. The zero-order valence-corrected chi connectivity index (χ0v) is 8.64. The Morgan fingerprint density at radius 3 is 1.88 bits per heavy atom. The standard InChI is InChI=1S/C11H9NO5/c1-2-9(13)12-8-4-6(10(14)15)3-7(5-8)11(16)17/h2-5H,1H2,(H,12,13)(H,14,15)(H,16,17). The van der Waals surface area contributed by atoms with E-state index in [-0.39, 0.29) is 16.8 Å². The van der Waals surface area contributed by atoms with Crippen molar-refractivity contribution in [3.05, 3.63) is 42.0 Å². The Morgan fingerprint density at radius 2 is 1.53 bits per heavy atom. The Balaban J connectivity index is 3.21. The van der Waals surface area contributed by atoms with E-state index in [4.69, 9.17) is 10.2 Å². The summed E-state index contributed by atoms with van der Waals surface area (Å²) in [6, 6.07) is 3.33. The summed E-state index contributed by atoms with van der Waals surface area (Å²) in [4.78, 5) is 32.5. The second-order valence-electron chi connectivity index (χ2n) is 3.10. The SMILES string of the molecule is C=CC(=O)Nc1cc(C(=O)O)cc(C(=O)O)c1. The molecule has 0 fully saturated rings. The summed E-state index contributed by atoms with van der Waals surface area (Å²) in [6.07, 6.45) is 0.994. The van der Waals surface area contributed by atoms with Crippen molar-refractivity contribution in [3.63, 3.8) is 0 Å². The molecular weight excluding hydrogens is 226 g/mol. The first-order valence-electron chi connectivity index (χ1n) is 4.49. The predicted molar refractivity (Wildman–Crippen MR) is 59.2 cm³/mol. The molecule has 17 heavy (non-hydrogen) atoms. The van der Waals surface area contributed by atoms with E-state index in [0.717, 1.165) is 24.3 Å². The van der Waals surface area contributed by atoms with Crippen LogP contribution < -0.4 is 5.32 Å². The summed E-state index contributed by atoms with van der Waals surface area (Å²) in [7, 11) is 0. The Kier molecular flexibility index (Phi) is 3.61. The van der Waals surface area contributed by atoms with E-state index in [2.05, 4.69) is 11.9 Å². The van der Waals surface area contributed by atoms with Crippen molar-refractivity contribution in [1.82, 2.24) is 0 Å². The van der Waals surface area contributed by atoms with Crippen LogP contribution >= 0.6 is 0 Å². The molecule has 0 aliphatic carbocycles. The van der Waals surface area contributed by atoms with Crippen LogP contribution in [0.5, 0.6) is 0 Å². The number of rotatable bonds is 4. The molecule has 88 valence electrons. The van der Waals surface area contributed by atoms with Crippen LogP contribution in [0.1, 0.15) is 20.7 Å². The minimum Gasteiger partial charge on any atom is -0.478 e. The molecular formula is C11H9NO5. The maximum absolute atomic E-state index is 11.0. The van der Waals surface area contributed by atoms with E-state index < -0.39 is 17.8 Å². The Bertz CT molecular complexity index is 474. The molecule has 0 atom stereocenters. The lowest BCUT2D eigenvalue weighted by Gasteiger charge is -2.05. The van der Waals surface area contributed by atoms with Crippen LogP contribution in [0.2, 0.25) is 0 Å². The third kappa shape index (κ3) is 3.16.